The summed E-state index contributed by atoms with van der Waals surface area (Å²) in [5.41, 5.74) is 1.17. The summed E-state index contributed by atoms with van der Waals surface area (Å²) in [7, 11) is 0. The first-order chi connectivity index (χ1) is 7.68. The molecule has 0 aromatic heterocycles. The van der Waals surface area contributed by atoms with Crippen molar-refractivity contribution >= 4 is 29.1 Å². The predicted molar refractivity (Wildman–Crippen MR) is 66.1 cm³/mol. The van der Waals surface area contributed by atoms with Gasteiger partial charge >= 0.3 is 0 Å². The molecule has 0 atom stereocenters. The van der Waals surface area contributed by atoms with Gasteiger partial charge in [0.25, 0.3) is 0 Å². The van der Waals surface area contributed by atoms with Crippen molar-refractivity contribution < 1.29 is 4.79 Å². The molecule has 2 rings (SSSR count). The highest BCUT2D eigenvalue weighted by Gasteiger charge is 2.45. The van der Waals surface area contributed by atoms with Gasteiger partial charge in [-0.2, -0.15) is 0 Å². The molecular weight excluding hydrogens is 245 g/mol. The van der Waals surface area contributed by atoms with Gasteiger partial charge in [0.15, 0.2) is 0 Å². The molecule has 1 aliphatic carbocycles. The number of carbonyl (C=O) groups is 1. The quantitative estimate of drug-likeness (QED) is 0.826. The molecule has 16 heavy (non-hydrogen) atoms. The van der Waals surface area contributed by atoms with Gasteiger partial charge in [-0.1, -0.05) is 29.8 Å². The largest absolute Gasteiger partial charge is 0.354 e. The average molecular weight is 258 g/mol. The molecule has 86 valence electrons. The smallest absolute Gasteiger partial charge is 0.234 e. The van der Waals surface area contributed by atoms with Gasteiger partial charge in [0.05, 0.1) is 0 Å². The zero-order chi connectivity index (χ0) is 11.6. The number of rotatable bonds is 4. The molecule has 1 fully saturated rings. The van der Waals surface area contributed by atoms with Crippen LogP contribution in [0.5, 0.6) is 0 Å². The van der Waals surface area contributed by atoms with Crippen LogP contribution in [0.4, 0.5) is 0 Å². The van der Waals surface area contributed by atoms with Gasteiger partial charge in [0.1, 0.15) is 5.88 Å². The standard InChI is InChI=1S/C12H13Cl2NO/c13-7-11(16)15-8-12(5-6-12)9-3-1-2-4-10(9)14/h1-4H,5-8H2,(H,15,16). The molecule has 0 aliphatic heterocycles. The third-order valence-corrected chi connectivity index (χ3v) is 3.62. The molecule has 0 saturated heterocycles. The zero-order valence-electron chi connectivity index (χ0n) is 8.80. The minimum Gasteiger partial charge on any atom is -0.354 e. The third kappa shape index (κ3) is 2.33. The monoisotopic (exact) mass is 257 g/mol. The van der Waals surface area contributed by atoms with Gasteiger partial charge < -0.3 is 5.32 Å². The van der Waals surface area contributed by atoms with Crippen LogP contribution in [0.2, 0.25) is 5.02 Å². The number of hydrogen-bond donors (Lipinski definition) is 1. The topological polar surface area (TPSA) is 29.1 Å². The number of halogens is 2. The third-order valence-electron chi connectivity index (χ3n) is 3.04. The highest BCUT2D eigenvalue weighted by molar-refractivity contribution is 6.31. The first-order valence-electron chi connectivity index (χ1n) is 5.26. The SMILES string of the molecule is O=C(CCl)NCC1(c2ccccc2Cl)CC1. The summed E-state index contributed by atoms with van der Waals surface area (Å²) in [6, 6.07) is 7.81. The van der Waals surface area contributed by atoms with Crippen LogP contribution < -0.4 is 5.32 Å². The molecule has 0 bridgehead atoms. The number of hydrogen-bond acceptors (Lipinski definition) is 1. The second-order valence-corrected chi connectivity index (χ2v) is 4.84. The molecule has 1 aromatic rings. The number of alkyl halides is 1. The van der Waals surface area contributed by atoms with Crippen molar-refractivity contribution in [3.05, 3.63) is 34.9 Å². The van der Waals surface area contributed by atoms with Crippen LogP contribution in [0.3, 0.4) is 0 Å². The second-order valence-electron chi connectivity index (χ2n) is 4.17. The molecule has 0 spiro atoms. The molecule has 0 heterocycles. The maximum absolute atomic E-state index is 11.1. The Kier molecular flexibility index (Phi) is 3.41. The van der Waals surface area contributed by atoms with Crippen molar-refractivity contribution in [3.8, 4) is 0 Å². The lowest BCUT2D eigenvalue weighted by Crippen LogP contribution is -2.33. The van der Waals surface area contributed by atoms with E-state index in [2.05, 4.69) is 5.32 Å². The molecule has 0 unspecified atom stereocenters. The predicted octanol–water partition coefficient (Wildman–Crippen LogP) is 2.73. The zero-order valence-corrected chi connectivity index (χ0v) is 10.3. The highest BCUT2D eigenvalue weighted by Crippen LogP contribution is 2.49. The summed E-state index contributed by atoms with van der Waals surface area (Å²) in [4.78, 5) is 11.1. The average Bonchev–Trinajstić information content (AvgIpc) is 3.07. The van der Waals surface area contributed by atoms with Crippen molar-refractivity contribution in [1.82, 2.24) is 5.32 Å². The van der Waals surface area contributed by atoms with Crippen LogP contribution in [0, 0.1) is 0 Å². The van der Waals surface area contributed by atoms with E-state index in [1.807, 2.05) is 24.3 Å². The van der Waals surface area contributed by atoms with E-state index < -0.39 is 0 Å². The normalized spacial score (nSPS) is 16.9. The van der Waals surface area contributed by atoms with Gasteiger partial charge in [-0.3, -0.25) is 4.79 Å². The second kappa shape index (κ2) is 4.64. The van der Waals surface area contributed by atoms with E-state index in [-0.39, 0.29) is 17.2 Å². The van der Waals surface area contributed by atoms with Crippen molar-refractivity contribution in [2.45, 2.75) is 18.3 Å². The van der Waals surface area contributed by atoms with Crippen LogP contribution in [0.1, 0.15) is 18.4 Å². The first kappa shape index (κ1) is 11.7. The van der Waals surface area contributed by atoms with E-state index in [4.69, 9.17) is 23.2 Å². The number of amides is 1. The van der Waals surface area contributed by atoms with Gasteiger partial charge in [-0.25, -0.2) is 0 Å². The fraction of sp³-hybridized carbons (Fsp3) is 0.417. The summed E-state index contributed by atoms with van der Waals surface area (Å²) in [6.45, 7) is 0.627. The Morgan fingerprint density at radius 1 is 1.38 bits per heavy atom. The van der Waals surface area contributed by atoms with Crippen LogP contribution in [0.25, 0.3) is 0 Å². The summed E-state index contributed by atoms with van der Waals surface area (Å²) in [5, 5.41) is 3.61. The Balaban J connectivity index is 2.09. The van der Waals surface area contributed by atoms with Gasteiger partial charge in [0, 0.05) is 17.0 Å². The van der Waals surface area contributed by atoms with Crippen LogP contribution in [-0.2, 0) is 10.2 Å². The lowest BCUT2D eigenvalue weighted by Gasteiger charge is -2.17. The maximum atomic E-state index is 11.1. The van der Waals surface area contributed by atoms with Crippen molar-refractivity contribution in [3.63, 3.8) is 0 Å². The van der Waals surface area contributed by atoms with Crippen LogP contribution in [-0.4, -0.2) is 18.3 Å². The lowest BCUT2D eigenvalue weighted by atomic mass is 9.96. The number of carbonyl (C=O) groups excluding carboxylic acids is 1. The Morgan fingerprint density at radius 3 is 2.62 bits per heavy atom. The van der Waals surface area contributed by atoms with E-state index in [9.17, 15) is 4.79 Å². The minimum atomic E-state index is -0.125. The van der Waals surface area contributed by atoms with E-state index in [0.29, 0.717) is 6.54 Å². The van der Waals surface area contributed by atoms with Gasteiger partial charge in [-0.05, 0) is 24.5 Å². The Bertz CT molecular complexity index is 402. The Hall–Kier alpha value is -0.730. The van der Waals surface area contributed by atoms with Crippen molar-refractivity contribution in [2.24, 2.45) is 0 Å². The van der Waals surface area contributed by atoms with Crippen LogP contribution in [0.15, 0.2) is 24.3 Å². The van der Waals surface area contributed by atoms with Crippen LogP contribution >= 0.6 is 23.2 Å². The molecule has 1 amide bonds. The Labute approximate surface area is 105 Å². The molecule has 2 nitrogen and oxygen atoms in total. The van der Waals surface area contributed by atoms with Crippen molar-refractivity contribution in [2.75, 3.05) is 12.4 Å². The number of nitrogens with one attached hydrogen (secondary N) is 1. The summed E-state index contributed by atoms with van der Waals surface area (Å²) < 4.78 is 0. The first-order valence-corrected chi connectivity index (χ1v) is 6.17. The number of benzene rings is 1. The molecule has 4 heteroatoms. The maximum Gasteiger partial charge on any atom is 0.234 e. The van der Waals surface area contributed by atoms with Crippen molar-refractivity contribution in [1.29, 1.82) is 0 Å². The Morgan fingerprint density at radius 2 is 2.06 bits per heavy atom. The molecule has 1 N–H and O–H groups in total. The fourth-order valence-electron chi connectivity index (χ4n) is 1.90. The molecule has 0 radical (unpaired) electrons. The van der Waals surface area contributed by atoms with Gasteiger partial charge in [0.2, 0.25) is 5.91 Å². The molecule has 1 aromatic carbocycles. The van der Waals surface area contributed by atoms with E-state index in [1.54, 1.807) is 0 Å². The van der Waals surface area contributed by atoms with E-state index in [0.717, 1.165) is 23.4 Å². The molecular formula is C12H13Cl2NO. The molecule has 1 saturated carbocycles. The summed E-state index contributed by atoms with van der Waals surface area (Å²) >= 11 is 11.6. The highest BCUT2D eigenvalue weighted by atomic mass is 35.5. The van der Waals surface area contributed by atoms with E-state index in [1.165, 1.54) is 0 Å². The summed E-state index contributed by atoms with van der Waals surface area (Å²) in [6.07, 6.45) is 2.14. The van der Waals surface area contributed by atoms with Gasteiger partial charge in [-0.15, -0.1) is 11.6 Å². The fourth-order valence-corrected chi connectivity index (χ4v) is 2.33. The van der Waals surface area contributed by atoms with E-state index >= 15 is 0 Å². The lowest BCUT2D eigenvalue weighted by molar-refractivity contribution is -0.118. The molecule has 1 aliphatic rings. The minimum absolute atomic E-state index is 0.0125. The summed E-state index contributed by atoms with van der Waals surface area (Å²) in [5.74, 6) is -0.113.